The van der Waals surface area contributed by atoms with Crippen LogP contribution in [-0.2, 0) is 0 Å². The van der Waals surface area contributed by atoms with Crippen LogP contribution in [0, 0.1) is 24.7 Å². The molecule has 0 spiro atoms. The van der Waals surface area contributed by atoms with E-state index in [0.717, 1.165) is 11.1 Å². The fourth-order valence-corrected chi connectivity index (χ4v) is 4.16. The smallest absolute Gasteiger partial charge is 0.0393 e. The Balaban J connectivity index is 2.00. The monoisotopic (exact) mass is 219 g/mol. The first-order valence-corrected chi connectivity index (χ1v) is 6.08. The molecule has 4 rings (SSSR count). The minimum Gasteiger partial charge on any atom is -0.284 e. The number of hydrogen-bond acceptors (Lipinski definition) is 1. The zero-order valence-electron chi connectivity index (χ0n) is 9.83. The van der Waals surface area contributed by atoms with Gasteiger partial charge in [0.1, 0.15) is 0 Å². The quantitative estimate of drug-likeness (QED) is 0.606. The Morgan fingerprint density at radius 1 is 1.12 bits per heavy atom. The Morgan fingerprint density at radius 2 is 1.59 bits per heavy atom. The molecule has 0 amide bonds. The molecule has 82 valence electrons. The molecular formula is C16H13N. The molecule has 1 aromatic rings. The van der Waals surface area contributed by atoms with Gasteiger partial charge in [0.25, 0.3) is 0 Å². The van der Waals surface area contributed by atoms with Crippen LogP contribution in [0.25, 0.3) is 0 Å². The number of hydrogen-bond donors (Lipinski definition) is 0. The molecule has 2 atom stereocenters. The molecule has 2 unspecified atom stereocenters. The zero-order valence-corrected chi connectivity index (χ0v) is 9.83. The Labute approximate surface area is 102 Å². The highest BCUT2D eigenvalue weighted by Crippen LogP contribution is 2.69. The van der Waals surface area contributed by atoms with Crippen molar-refractivity contribution in [1.82, 2.24) is 4.90 Å². The van der Waals surface area contributed by atoms with Gasteiger partial charge in [0, 0.05) is 28.7 Å². The Bertz CT molecular complexity index is 575. The number of nitrogens with zero attached hydrogens (tertiary/aromatic N) is 1. The molecule has 3 aliphatic heterocycles. The van der Waals surface area contributed by atoms with E-state index in [2.05, 4.69) is 23.7 Å². The van der Waals surface area contributed by atoms with E-state index in [0.29, 0.717) is 17.6 Å². The summed E-state index contributed by atoms with van der Waals surface area (Å²) < 4.78 is 0. The molecule has 2 saturated heterocycles. The number of rotatable bonds is 0. The average Bonchev–Trinajstić information content (AvgIpc) is 2.45. The van der Waals surface area contributed by atoms with Crippen LogP contribution in [0.3, 0.4) is 0 Å². The van der Waals surface area contributed by atoms with E-state index >= 15 is 0 Å². The van der Waals surface area contributed by atoms with Crippen LogP contribution in [0.5, 0.6) is 0 Å². The minimum absolute atomic E-state index is 0.423. The fourth-order valence-electron chi connectivity index (χ4n) is 4.16. The van der Waals surface area contributed by atoms with Crippen molar-refractivity contribution in [3.8, 4) is 24.7 Å². The summed E-state index contributed by atoms with van der Waals surface area (Å²) >= 11 is 0. The summed E-state index contributed by atoms with van der Waals surface area (Å²) in [6.45, 7) is 2.34. The summed E-state index contributed by atoms with van der Waals surface area (Å²) in [5, 5.41) is 0. The number of terminal acetylenes is 2. The predicted molar refractivity (Wildman–Crippen MR) is 67.3 cm³/mol. The zero-order chi connectivity index (χ0) is 11.8. The minimum atomic E-state index is 0.423. The third-order valence-corrected chi connectivity index (χ3v) is 4.83. The Morgan fingerprint density at radius 3 is 1.94 bits per heavy atom. The lowest BCUT2D eigenvalue weighted by Crippen LogP contribution is -2.66. The standard InChI is InChI=1S/C16H13N/c1-4-10-6-7-11(5-2)15-13-9-16(3)8-12(14(10)15)17(13)16/h1-2,6-7,12-13H,8-9H2,3H3. The molecule has 0 aliphatic carbocycles. The average molecular weight is 219 g/mol. The maximum Gasteiger partial charge on any atom is 0.0393 e. The van der Waals surface area contributed by atoms with E-state index in [9.17, 15) is 0 Å². The van der Waals surface area contributed by atoms with Gasteiger partial charge in [-0.05, 0) is 43.0 Å². The van der Waals surface area contributed by atoms with Crippen LogP contribution < -0.4 is 0 Å². The number of fused-ring (bicyclic) bond motifs is 3. The third-order valence-electron chi connectivity index (χ3n) is 4.83. The molecule has 3 heterocycles. The van der Waals surface area contributed by atoms with E-state index in [4.69, 9.17) is 12.8 Å². The van der Waals surface area contributed by atoms with Crippen molar-refractivity contribution in [1.29, 1.82) is 0 Å². The summed E-state index contributed by atoms with van der Waals surface area (Å²) in [5.41, 5.74) is 5.21. The van der Waals surface area contributed by atoms with Gasteiger partial charge in [-0.1, -0.05) is 11.8 Å². The SMILES string of the molecule is C#Cc1ccc(C#C)c2c1C1CC3(C)CC2N13. The molecule has 0 N–H and O–H groups in total. The van der Waals surface area contributed by atoms with Crippen LogP contribution in [0.4, 0.5) is 0 Å². The van der Waals surface area contributed by atoms with Crippen LogP contribution in [0.2, 0.25) is 0 Å². The topological polar surface area (TPSA) is 3.24 Å². The molecule has 0 bridgehead atoms. The first-order valence-electron chi connectivity index (χ1n) is 6.08. The lowest BCUT2D eigenvalue weighted by Gasteiger charge is -2.65. The molecule has 0 radical (unpaired) electrons. The summed E-state index contributed by atoms with van der Waals surface area (Å²) in [7, 11) is 0. The van der Waals surface area contributed by atoms with Gasteiger partial charge >= 0.3 is 0 Å². The van der Waals surface area contributed by atoms with E-state index < -0.39 is 0 Å². The maximum atomic E-state index is 5.62. The van der Waals surface area contributed by atoms with Gasteiger partial charge in [0.2, 0.25) is 0 Å². The summed E-state index contributed by atoms with van der Waals surface area (Å²) in [4.78, 5) is 2.60. The second-order valence-corrected chi connectivity index (χ2v) is 5.62. The molecule has 17 heavy (non-hydrogen) atoms. The van der Waals surface area contributed by atoms with Gasteiger partial charge in [0.15, 0.2) is 0 Å². The van der Waals surface area contributed by atoms with Crippen molar-refractivity contribution >= 4 is 0 Å². The van der Waals surface area contributed by atoms with E-state index in [1.165, 1.54) is 24.0 Å². The second-order valence-electron chi connectivity index (χ2n) is 5.62. The van der Waals surface area contributed by atoms with Crippen molar-refractivity contribution in [2.45, 2.75) is 37.4 Å². The third kappa shape index (κ3) is 0.822. The number of piperidine rings is 1. The molecule has 1 heteroatoms. The maximum absolute atomic E-state index is 5.62. The van der Waals surface area contributed by atoms with Crippen LogP contribution >= 0.6 is 0 Å². The van der Waals surface area contributed by atoms with Crippen molar-refractivity contribution < 1.29 is 0 Å². The van der Waals surface area contributed by atoms with Crippen LogP contribution in [0.1, 0.15) is 54.1 Å². The molecule has 3 aliphatic rings. The van der Waals surface area contributed by atoms with Crippen molar-refractivity contribution in [3.05, 3.63) is 34.4 Å². The highest BCUT2D eigenvalue weighted by molar-refractivity contribution is 5.61. The van der Waals surface area contributed by atoms with E-state index in [1.54, 1.807) is 0 Å². The van der Waals surface area contributed by atoms with Gasteiger partial charge in [-0.3, -0.25) is 4.90 Å². The largest absolute Gasteiger partial charge is 0.284 e. The highest BCUT2D eigenvalue weighted by atomic mass is 15.4. The Hall–Kier alpha value is -1.70. The summed E-state index contributed by atoms with van der Waals surface area (Å²) in [6, 6.07) is 5.09. The second kappa shape index (κ2) is 2.58. The van der Waals surface area contributed by atoms with Crippen molar-refractivity contribution in [3.63, 3.8) is 0 Å². The normalized spacial score (nSPS) is 35.9. The first kappa shape index (κ1) is 9.34. The van der Waals surface area contributed by atoms with Crippen LogP contribution in [0.15, 0.2) is 12.1 Å². The first-order chi connectivity index (χ1) is 8.19. The molecule has 2 fully saturated rings. The number of benzene rings is 1. The van der Waals surface area contributed by atoms with Gasteiger partial charge in [0.05, 0.1) is 0 Å². The Kier molecular flexibility index (Phi) is 1.42. The van der Waals surface area contributed by atoms with Crippen molar-refractivity contribution in [2.24, 2.45) is 0 Å². The van der Waals surface area contributed by atoms with Gasteiger partial charge in [-0.2, -0.15) is 0 Å². The van der Waals surface area contributed by atoms with Gasteiger partial charge in [-0.15, -0.1) is 12.8 Å². The highest BCUT2D eigenvalue weighted by Gasteiger charge is 2.66. The van der Waals surface area contributed by atoms with Crippen LogP contribution in [-0.4, -0.2) is 10.4 Å². The van der Waals surface area contributed by atoms with E-state index in [-0.39, 0.29) is 0 Å². The predicted octanol–water partition coefficient (Wildman–Crippen LogP) is 2.61. The molecule has 1 nitrogen and oxygen atoms in total. The summed E-state index contributed by atoms with van der Waals surface area (Å²) in [5.74, 6) is 5.64. The van der Waals surface area contributed by atoms with Gasteiger partial charge < -0.3 is 0 Å². The lowest BCUT2D eigenvalue weighted by molar-refractivity contribution is -0.177. The molecular weight excluding hydrogens is 206 g/mol. The molecule has 0 saturated carbocycles. The lowest BCUT2D eigenvalue weighted by atomic mass is 9.68. The summed E-state index contributed by atoms with van der Waals surface area (Å²) in [6.07, 6.45) is 13.7. The van der Waals surface area contributed by atoms with E-state index in [1.807, 2.05) is 12.1 Å². The van der Waals surface area contributed by atoms with Gasteiger partial charge in [-0.25, -0.2) is 0 Å². The fraction of sp³-hybridized carbons (Fsp3) is 0.375. The van der Waals surface area contributed by atoms with Crippen molar-refractivity contribution in [2.75, 3.05) is 0 Å². The molecule has 1 aromatic carbocycles. The molecule has 0 aromatic heterocycles.